The van der Waals surface area contributed by atoms with Crippen LogP contribution < -0.4 is 10.2 Å². The molecule has 1 aromatic carbocycles. The topological polar surface area (TPSA) is 15.3 Å². The van der Waals surface area contributed by atoms with Crippen molar-refractivity contribution in [3.63, 3.8) is 0 Å². The molecule has 1 N–H and O–H groups in total. The van der Waals surface area contributed by atoms with E-state index in [4.69, 9.17) is 0 Å². The summed E-state index contributed by atoms with van der Waals surface area (Å²) in [5.41, 5.74) is 3.15. The summed E-state index contributed by atoms with van der Waals surface area (Å²) in [6.07, 6.45) is 4.65. The van der Waals surface area contributed by atoms with Gasteiger partial charge in [0.25, 0.3) is 0 Å². The normalized spacial score (nSPS) is 21.6. The Bertz CT molecular complexity index is 468. The summed E-state index contributed by atoms with van der Waals surface area (Å²) in [7, 11) is 0. The minimum Gasteiger partial charge on any atom is -0.365 e. The van der Waals surface area contributed by atoms with Gasteiger partial charge in [-0.25, -0.2) is 0 Å². The van der Waals surface area contributed by atoms with Gasteiger partial charge in [-0.2, -0.15) is 0 Å². The van der Waals surface area contributed by atoms with Crippen LogP contribution >= 0.6 is 15.9 Å². The van der Waals surface area contributed by atoms with E-state index in [1.165, 1.54) is 35.0 Å². The lowest BCUT2D eigenvalue weighted by Crippen LogP contribution is -2.64. The first-order chi connectivity index (χ1) is 10.1. The first kappa shape index (κ1) is 16.8. The third-order valence-corrected chi connectivity index (χ3v) is 5.68. The lowest BCUT2D eigenvalue weighted by atomic mass is 9.87. The maximum absolute atomic E-state index is 3.83. The van der Waals surface area contributed by atoms with Crippen LogP contribution in [-0.2, 0) is 6.42 Å². The fourth-order valence-corrected chi connectivity index (χ4v) is 3.85. The molecule has 21 heavy (non-hydrogen) atoms. The predicted octanol–water partition coefficient (Wildman–Crippen LogP) is 4.76. The van der Waals surface area contributed by atoms with E-state index in [0.29, 0.717) is 6.04 Å². The summed E-state index contributed by atoms with van der Waals surface area (Å²) in [5.74, 6) is 0. The number of rotatable bonds is 5. The SMILES string of the molecule is CCc1cc(Br)ccc1N1CC(CC)(CC)NCC1CC. The molecular weight excluding hydrogens is 324 g/mol. The molecule has 0 saturated carbocycles. The zero-order chi connectivity index (χ0) is 15.5. The molecule has 0 radical (unpaired) electrons. The fourth-order valence-electron chi connectivity index (χ4n) is 3.44. The van der Waals surface area contributed by atoms with E-state index in [1.54, 1.807) is 0 Å². The van der Waals surface area contributed by atoms with Gasteiger partial charge in [-0.1, -0.05) is 43.6 Å². The molecule has 1 unspecified atom stereocenters. The van der Waals surface area contributed by atoms with E-state index in [0.717, 1.165) is 19.5 Å². The van der Waals surface area contributed by atoms with E-state index in [1.807, 2.05) is 0 Å². The van der Waals surface area contributed by atoms with Gasteiger partial charge in [0, 0.05) is 34.8 Å². The standard InChI is InChI=1S/C18H29BrN2/c1-5-14-11-15(19)9-10-17(14)21-13-18(7-3,8-4)20-12-16(21)6-2/h9-11,16,20H,5-8,12-13H2,1-4H3. The molecule has 0 bridgehead atoms. The largest absolute Gasteiger partial charge is 0.365 e. The van der Waals surface area contributed by atoms with Crippen molar-refractivity contribution in [1.82, 2.24) is 5.32 Å². The van der Waals surface area contributed by atoms with Crippen LogP contribution in [-0.4, -0.2) is 24.7 Å². The smallest absolute Gasteiger partial charge is 0.0413 e. The first-order valence-corrected chi connectivity index (χ1v) is 9.18. The van der Waals surface area contributed by atoms with E-state index in [2.05, 4.69) is 72.0 Å². The van der Waals surface area contributed by atoms with Crippen molar-refractivity contribution in [2.75, 3.05) is 18.0 Å². The second kappa shape index (κ2) is 7.15. The number of piperazine rings is 1. The zero-order valence-electron chi connectivity index (χ0n) is 13.9. The Morgan fingerprint density at radius 1 is 1.24 bits per heavy atom. The molecule has 1 aromatic rings. The van der Waals surface area contributed by atoms with Crippen LogP contribution in [0, 0.1) is 0 Å². The van der Waals surface area contributed by atoms with Gasteiger partial charge in [0.15, 0.2) is 0 Å². The molecular formula is C18H29BrN2. The first-order valence-electron chi connectivity index (χ1n) is 8.39. The number of hydrogen-bond acceptors (Lipinski definition) is 2. The average molecular weight is 353 g/mol. The molecule has 3 heteroatoms. The number of nitrogens with zero attached hydrogens (tertiary/aromatic N) is 1. The number of nitrogens with one attached hydrogen (secondary N) is 1. The van der Waals surface area contributed by atoms with Gasteiger partial charge in [-0.3, -0.25) is 0 Å². The quantitative estimate of drug-likeness (QED) is 0.821. The third-order valence-electron chi connectivity index (χ3n) is 5.18. The molecule has 1 saturated heterocycles. The summed E-state index contributed by atoms with van der Waals surface area (Å²) >= 11 is 3.61. The molecule has 0 aromatic heterocycles. The minimum absolute atomic E-state index is 0.268. The van der Waals surface area contributed by atoms with E-state index >= 15 is 0 Å². The summed E-state index contributed by atoms with van der Waals surface area (Å²) in [6.45, 7) is 11.4. The van der Waals surface area contributed by atoms with Crippen LogP contribution in [0.3, 0.4) is 0 Å². The molecule has 1 atom stereocenters. The number of hydrogen-bond donors (Lipinski definition) is 1. The van der Waals surface area contributed by atoms with Crippen LogP contribution in [0.15, 0.2) is 22.7 Å². The lowest BCUT2D eigenvalue weighted by Gasteiger charge is -2.49. The van der Waals surface area contributed by atoms with Crippen LogP contribution in [0.25, 0.3) is 0 Å². The highest BCUT2D eigenvalue weighted by Crippen LogP contribution is 2.32. The van der Waals surface area contributed by atoms with Gasteiger partial charge in [0.1, 0.15) is 0 Å². The Kier molecular flexibility index (Phi) is 5.73. The molecule has 0 spiro atoms. The predicted molar refractivity (Wildman–Crippen MR) is 96.3 cm³/mol. The average Bonchev–Trinajstić information content (AvgIpc) is 2.54. The molecule has 2 rings (SSSR count). The van der Waals surface area contributed by atoms with Crippen molar-refractivity contribution in [2.45, 2.75) is 65.0 Å². The molecule has 0 amide bonds. The monoisotopic (exact) mass is 352 g/mol. The van der Waals surface area contributed by atoms with Crippen molar-refractivity contribution in [2.24, 2.45) is 0 Å². The van der Waals surface area contributed by atoms with E-state index in [9.17, 15) is 0 Å². The Hall–Kier alpha value is -0.540. The van der Waals surface area contributed by atoms with E-state index in [-0.39, 0.29) is 5.54 Å². The van der Waals surface area contributed by atoms with Gasteiger partial charge in [-0.15, -0.1) is 0 Å². The Balaban J connectivity index is 2.37. The molecule has 1 fully saturated rings. The van der Waals surface area contributed by atoms with Crippen molar-refractivity contribution >= 4 is 21.6 Å². The summed E-state index contributed by atoms with van der Waals surface area (Å²) in [6, 6.07) is 7.36. The minimum atomic E-state index is 0.268. The van der Waals surface area contributed by atoms with Crippen LogP contribution in [0.1, 0.15) is 52.5 Å². The van der Waals surface area contributed by atoms with Crippen LogP contribution in [0.4, 0.5) is 5.69 Å². The Morgan fingerprint density at radius 2 is 1.95 bits per heavy atom. The van der Waals surface area contributed by atoms with Gasteiger partial charge in [0.2, 0.25) is 0 Å². The van der Waals surface area contributed by atoms with Crippen molar-refractivity contribution in [1.29, 1.82) is 0 Å². The van der Waals surface area contributed by atoms with Gasteiger partial charge in [-0.05, 0) is 49.4 Å². The van der Waals surface area contributed by atoms with Gasteiger partial charge < -0.3 is 10.2 Å². The second-order valence-corrected chi connectivity index (χ2v) is 7.10. The maximum Gasteiger partial charge on any atom is 0.0413 e. The van der Waals surface area contributed by atoms with Gasteiger partial charge in [0.05, 0.1) is 0 Å². The molecule has 118 valence electrons. The molecule has 1 aliphatic heterocycles. The highest BCUT2D eigenvalue weighted by Gasteiger charge is 2.36. The zero-order valence-corrected chi connectivity index (χ0v) is 15.5. The van der Waals surface area contributed by atoms with Crippen LogP contribution in [0.5, 0.6) is 0 Å². The van der Waals surface area contributed by atoms with Gasteiger partial charge >= 0.3 is 0 Å². The Morgan fingerprint density at radius 3 is 2.52 bits per heavy atom. The number of anilines is 1. The van der Waals surface area contributed by atoms with Crippen molar-refractivity contribution in [3.05, 3.63) is 28.2 Å². The summed E-state index contributed by atoms with van der Waals surface area (Å²) < 4.78 is 1.18. The molecule has 1 aliphatic rings. The van der Waals surface area contributed by atoms with Crippen molar-refractivity contribution < 1.29 is 0 Å². The molecule has 1 heterocycles. The highest BCUT2D eigenvalue weighted by molar-refractivity contribution is 9.10. The number of aryl methyl sites for hydroxylation is 1. The third kappa shape index (κ3) is 3.45. The summed E-state index contributed by atoms with van der Waals surface area (Å²) in [4.78, 5) is 2.66. The molecule has 2 nitrogen and oxygen atoms in total. The summed E-state index contributed by atoms with van der Waals surface area (Å²) in [5, 5.41) is 3.83. The number of halogens is 1. The fraction of sp³-hybridized carbons (Fsp3) is 0.667. The van der Waals surface area contributed by atoms with E-state index < -0.39 is 0 Å². The second-order valence-electron chi connectivity index (χ2n) is 6.18. The molecule has 0 aliphatic carbocycles. The maximum atomic E-state index is 3.83. The highest BCUT2D eigenvalue weighted by atomic mass is 79.9. The van der Waals surface area contributed by atoms with Crippen LogP contribution in [0.2, 0.25) is 0 Å². The van der Waals surface area contributed by atoms with Crippen molar-refractivity contribution in [3.8, 4) is 0 Å². The number of benzene rings is 1. The lowest BCUT2D eigenvalue weighted by molar-refractivity contribution is 0.246. The Labute approximate surface area is 138 Å².